The fourth-order valence-corrected chi connectivity index (χ4v) is 2.45. The van der Waals surface area contributed by atoms with Crippen molar-refractivity contribution in [1.29, 1.82) is 0 Å². The molecule has 0 bridgehead atoms. The number of hydrogen-bond acceptors (Lipinski definition) is 2. The van der Waals surface area contributed by atoms with Crippen LogP contribution >= 0.6 is 11.3 Å². The molecule has 0 radical (unpaired) electrons. The predicted octanol–water partition coefficient (Wildman–Crippen LogP) is 4.11. The Kier molecular flexibility index (Phi) is 4.13. The average molecular weight is 243 g/mol. The monoisotopic (exact) mass is 243 g/mol. The third-order valence-electron chi connectivity index (χ3n) is 2.77. The molecule has 2 heteroatoms. The van der Waals surface area contributed by atoms with Gasteiger partial charge in [-0.3, -0.25) is 0 Å². The molecule has 1 heterocycles. The summed E-state index contributed by atoms with van der Waals surface area (Å²) in [5.41, 5.74) is 2.34. The van der Waals surface area contributed by atoms with E-state index in [-0.39, 0.29) is 0 Å². The second-order valence-electron chi connectivity index (χ2n) is 4.09. The van der Waals surface area contributed by atoms with E-state index in [1.807, 2.05) is 18.2 Å². The van der Waals surface area contributed by atoms with Crippen molar-refractivity contribution in [2.45, 2.75) is 13.0 Å². The standard InChI is InChI=1S/C15H17NS/c1-12(14-7-4-3-5-8-14)11-16-13(2)15-9-6-10-17-15/h3-10,13,16H,1,11H2,2H3/t13-/m1/s1. The maximum Gasteiger partial charge on any atom is 0.0388 e. The van der Waals surface area contributed by atoms with Gasteiger partial charge in [0, 0.05) is 17.5 Å². The summed E-state index contributed by atoms with van der Waals surface area (Å²) >= 11 is 1.79. The van der Waals surface area contributed by atoms with Gasteiger partial charge in [0.2, 0.25) is 0 Å². The van der Waals surface area contributed by atoms with Crippen LogP contribution in [0, 0.1) is 0 Å². The number of nitrogens with one attached hydrogen (secondary N) is 1. The first-order valence-electron chi connectivity index (χ1n) is 5.77. The Morgan fingerprint density at radius 1 is 1.24 bits per heavy atom. The Labute approximate surface area is 107 Å². The summed E-state index contributed by atoms with van der Waals surface area (Å²) in [6.07, 6.45) is 0. The van der Waals surface area contributed by atoms with Crippen molar-refractivity contribution in [3.8, 4) is 0 Å². The van der Waals surface area contributed by atoms with Crippen molar-refractivity contribution in [1.82, 2.24) is 5.32 Å². The highest BCUT2D eigenvalue weighted by molar-refractivity contribution is 7.10. The first-order chi connectivity index (χ1) is 8.27. The molecular weight excluding hydrogens is 226 g/mol. The maximum atomic E-state index is 4.12. The zero-order chi connectivity index (χ0) is 12.1. The molecule has 0 saturated heterocycles. The van der Waals surface area contributed by atoms with E-state index in [0.717, 1.165) is 12.1 Å². The lowest BCUT2D eigenvalue weighted by Crippen LogP contribution is -2.19. The van der Waals surface area contributed by atoms with Crippen molar-refractivity contribution in [2.24, 2.45) is 0 Å². The van der Waals surface area contributed by atoms with Crippen LogP contribution in [0.5, 0.6) is 0 Å². The van der Waals surface area contributed by atoms with E-state index in [1.165, 1.54) is 10.4 Å². The highest BCUT2D eigenvalue weighted by atomic mass is 32.1. The average Bonchev–Trinajstić information content (AvgIpc) is 2.90. The minimum atomic E-state index is 0.385. The summed E-state index contributed by atoms with van der Waals surface area (Å²) in [6, 6.07) is 14.9. The molecule has 2 aromatic rings. The van der Waals surface area contributed by atoms with E-state index in [1.54, 1.807) is 11.3 Å². The molecule has 0 fully saturated rings. The summed E-state index contributed by atoms with van der Waals surface area (Å²) in [7, 11) is 0. The van der Waals surface area contributed by atoms with Gasteiger partial charge in [0.25, 0.3) is 0 Å². The summed E-state index contributed by atoms with van der Waals surface area (Å²) in [6.45, 7) is 7.13. The molecule has 0 unspecified atom stereocenters. The minimum Gasteiger partial charge on any atom is -0.305 e. The van der Waals surface area contributed by atoms with Crippen LogP contribution < -0.4 is 5.32 Å². The van der Waals surface area contributed by atoms with Crippen molar-refractivity contribution >= 4 is 16.9 Å². The van der Waals surface area contributed by atoms with Gasteiger partial charge in [-0.25, -0.2) is 0 Å². The van der Waals surface area contributed by atoms with Gasteiger partial charge >= 0.3 is 0 Å². The van der Waals surface area contributed by atoms with Crippen molar-refractivity contribution in [2.75, 3.05) is 6.54 Å². The molecular formula is C15H17NS. The van der Waals surface area contributed by atoms with Crippen LogP contribution in [-0.2, 0) is 0 Å². The van der Waals surface area contributed by atoms with E-state index in [0.29, 0.717) is 6.04 Å². The Balaban J connectivity index is 1.89. The first kappa shape index (κ1) is 12.1. The predicted molar refractivity (Wildman–Crippen MR) is 76.2 cm³/mol. The highest BCUT2D eigenvalue weighted by Gasteiger charge is 2.06. The SMILES string of the molecule is C=C(CN[C@H](C)c1cccs1)c1ccccc1. The molecule has 0 aliphatic heterocycles. The second kappa shape index (κ2) is 5.80. The molecule has 1 atom stereocenters. The summed E-state index contributed by atoms with van der Waals surface area (Å²) in [5.74, 6) is 0. The molecule has 1 N–H and O–H groups in total. The molecule has 88 valence electrons. The van der Waals surface area contributed by atoms with Gasteiger partial charge in [-0.15, -0.1) is 11.3 Å². The van der Waals surface area contributed by atoms with Gasteiger partial charge in [0.15, 0.2) is 0 Å². The van der Waals surface area contributed by atoms with Crippen LogP contribution in [-0.4, -0.2) is 6.54 Å². The largest absolute Gasteiger partial charge is 0.305 e. The van der Waals surface area contributed by atoms with E-state index >= 15 is 0 Å². The van der Waals surface area contributed by atoms with Gasteiger partial charge < -0.3 is 5.32 Å². The van der Waals surface area contributed by atoms with Crippen LogP contribution in [0.2, 0.25) is 0 Å². The number of rotatable bonds is 5. The smallest absolute Gasteiger partial charge is 0.0388 e. The summed E-state index contributed by atoms with van der Waals surface area (Å²) < 4.78 is 0. The van der Waals surface area contributed by atoms with E-state index in [2.05, 4.69) is 48.5 Å². The number of benzene rings is 1. The van der Waals surface area contributed by atoms with E-state index < -0.39 is 0 Å². The normalized spacial score (nSPS) is 12.3. The third-order valence-corrected chi connectivity index (χ3v) is 3.83. The maximum absolute atomic E-state index is 4.12. The lowest BCUT2D eigenvalue weighted by Gasteiger charge is -2.13. The molecule has 1 aromatic carbocycles. The lowest BCUT2D eigenvalue weighted by molar-refractivity contribution is 0.633. The Morgan fingerprint density at radius 2 is 2.00 bits per heavy atom. The van der Waals surface area contributed by atoms with Gasteiger partial charge in [0.05, 0.1) is 0 Å². The van der Waals surface area contributed by atoms with Gasteiger partial charge in [0.1, 0.15) is 0 Å². The second-order valence-corrected chi connectivity index (χ2v) is 5.07. The van der Waals surface area contributed by atoms with Crippen LogP contribution in [0.1, 0.15) is 23.4 Å². The van der Waals surface area contributed by atoms with Crippen molar-refractivity contribution in [3.63, 3.8) is 0 Å². The van der Waals surface area contributed by atoms with Crippen LogP contribution in [0.25, 0.3) is 5.57 Å². The Morgan fingerprint density at radius 3 is 2.65 bits per heavy atom. The van der Waals surface area contributed by atoms with E-state index in [9.17, 15) is 0 Å². The van der Waals surface area contributed by atoms with Crippen LogP contribution in [0.4, 0.5) is 0 Å². The Hall–Kier alpha value is -1.38. The first-order valence-corrected chi connectivity index (χ1v) is 6.65. The minimum absolute atomic E-state index is 0.385. The summed E-state index contributed by atoms with van der Waals surface area (Å²) in [5, 5.41) is 5.60. The molecule has 0 amide bonds. The number of hydrogen-bond donors (Lipinski definition) is 1. The molecule has 1 aromatic heterocycles. The van der Waals surface area contributed by atoms with Gasteiger partial charge in [-0.1, -0.05) is 43.0 Å². The molecule has 17 heavy (non-hydrogen) atoms. The van der Waals surface area contributed by atoms with E-state index in [4.69, 9.17) is 0 Å². The molecule has 0 aliphatic rings. The third kappa shape index (κ3) is 3.29. The zero-order valence-corrected chi connectivity index (χ0v) is 10.8. The highest BCUT2D eigenvalue weighted by Crippen LogP contribution is 2.19. The fraction of sp³-hybridized carbons (Fsp3) is 0.200. The van der Waals surface area contributed by atoms with Gasteiger partial charge in [-0.2, -0.15) is 0 Å². The quantitative estimate of drug-likeness (QED) is 0.833. The lowest BCUT2D eigenvalue weighted by atomic mass is 10.1. The molecule has 0 spiro atoms. The van der Waals surface area contributed by atoms with Crippen LogP contribution in [0.3, 0.4) is 0 Å². The Bertz CT molecular complexity index is 459. The fourth-order valence-electron chi connectivity index (χ4n) is 1.69. The molecule has 1 nitrogen and oxygen atoms in total. The molecule has 2 rings (SSSR count). The van der Waals surface area contributed by atoms with Crippen molar-refractivity contribution < 1.29 is 0 Å². The van der Waals surface area contributed by atoms with Crippen LogP contribution in [0.15, 0.2) is 54.4 Å². The molecule has 0 saturated carbocycles. The zero-order valence-electron chi connectivity index (χ0n) is 10.0. The topological polar surface area (TPSA) is 12.0 Å². The van der Waals surface area contributed by atoms with Gasteiger partial charge in [-0.05, 0) is 29.5 Å². The molecule has 0 aliphatic carbocycles. The van der Waals surface area contributed by atoms with Crippen molar-refractivity contribution in [3.05, 3.63) is 64.9 Å². The summed E-state index contributed by atoms with van der Waals surface area (Å²) in [4.78, 5) is 1.37. The number of thiophene rings is 1.